The van der Waals surface area contributed by atoms with Crippen LogP contribution in [0.25, 0.3) is 5.69 Å². The van der Waals surface area contributed by atoms with E-state index in [4.69, 9.17) is 0 Å². The molecule has 3 rings (SSSR count). The molecular formula is C16H21N3O. The van der Waals surface area contributed by atoms with Gasteiger partial charge in [-0.05, 0) is 50.9 Å². The average Bonchev–Trinajstić information content (AvgIpc) is 3.08. The molecule has 20 heavy (non-hydrogen) atoms. The summed E-state index contributed by atoms with van der Waals surface area (Å²) in [5, 5.41) is 3.49. The normalized spacial score (nSPS) is 18.9. The molecule has 0 amide bonds. The molecule has 0 spiro atoms. The molecule has 1 unspecified atom stereocenters. The summed E-state index contributed by atoms with van der Waals surface area (Å²) in [7, 11) is 0. The van der Waals surface area contributed by atoms with Crippen molar-refractivity contribution in [2.24, 2.45) is 0 Å². The van der Waals surface area contributed by atoms with E-state index in [0.717, 1.165) is 12.2 Å². The lowest BCUT2D eigenvalue weighted by molar-refractivity contribution is 0.574. The first-order valence-electron chi connectivity index (χ1n) is 7.30. The third kappa shape index (κ3) is 2.31. The highest BCUT2D eigenvalue weighted by atomic mass is 16.1. The number of rotatable bonds is 3. The van der Waals surface area contributed by atoms with E-state index >= 15 is 0 Å². The fraction of sp³-hybridized carbons (Fsp3) is 0.438. The van der Waals surface area contributed by atoms with Crippen LogP contribution in [0.3, 0.4) is 0 Å². The highest BCUT2D eigenvalue weighted by Gasteiger charge is 2.16. The first-order valence-corrected chi connectivity index (χ1v) is 7.30. The van der Waals surface area contributed by atoms with Gasteiger partial charge in [-0.1, -0.05) is 12.1 Å². The van der Waals surface area contributed by atoms with Crippen LogP contribution in [0.4, 0.5) is 0 Å². The Morgan fingerprint density at radius 3 is 2.50 bits per heavy atom. The second-order valence-corrected chi connectivity index (χ2v) is 5.69. The van der Waals surface area contributed by atoms with Crippen molar-refractivity contribution in [1.29, 1.82) is 0 Å². The topological polar surface area (TPSA) is 39.0 Å². The summed E-state index contributed by atoms with van der Waals surface area (Å²) in [5.74, 6) is 0. The van der Waals surface area contributed by atoms with Crippen molar-refractivity contribution >= 4 is 0 Å². The lowest BCUT2D eigenvalue weighted by atomic mass is 10.1. The van der Waals surface area contributed by atoms with Crippen molar-refractivity contribution in [3.8, 4) is 5.69 Å². The molecule has 1 saturated heterocycles. The molecular weight excluding hydrogens is 250 g/mol. The van der Waals surface area contributed by atoms with Crippen LogP contribution in [-0.4, -0.2) is 15.7 Å². The highest BCUT2D eigenvalue weighted by molar-refractivity contribution is 5.36. The van der Waals surface area contributed by atoms with Gasteiger partial charge in [0, 0.05) is 24.5 Å². The van der Waals surface area contributed by atoms with E-state index in [9.17, 15) is 4.79 Å². The standard InChI is InChI=1S/C16H21N3O/c1-12(2)18-10-11-19(16(18)20)14-7-5-13(6-8-14)15-4-3-9-17-15/h5-8,10-12,15,17H,3-4,9H2,1-2H3. The quantitative estimate of drug-likeness (QED) is 0.932. The molecule has 106 valence electrons. The van der Waals surface area contributed by atoms with Gasteiger partial charge in [-0.15, -0.1) is 0 Å². The SMILES string of the molecule is CC(C)n1ccn(-c2ccc(C3CCCN3)cc2)c1=O. The fourth-order valence-electron chi connectivity index (χ4n) is 2.82. The molecule has 1 fully saturated rings. The molecule has 1 aromatic heterocycles. The molecule has 0 radical (unpaired) electrons. The monoisotopic (exact) mass is 271 g/mol. The van der Waals surface area contributed by atoms with Crippen molar-refractivity contribution in [2.75, 3.05) is 6.54 Å². The molecule has 0 saturated carbocycles. The number of nitrogens with one attached hydrogen (secondary N) is 1. The molecule has 4 heteroatoms. The van der Waals surface area contributed by atoms with E-state index in [1.54, 1.807) is 9.13 Å². The number of aromatic nitrogens is 2. The first kappa shape index (κ1) is 13.2. The second-order valence-electron chi connectivity index (χ2n) is 5.69. The minimum atomic E-state index is 0.0201. The molecule has 0 aliphatic carbocycles. The molecule has 2 heterocycles. The largest absolute Gasteiger partial charge is 0.332 e. The summed E-state index contributed by atoms with van der Waals surface area (Å²) < 4.78 is 3.44. The third-order valence-electron chi connectivity index (χ3n) is 3.99. The Kier molecular flexibility index (Phi) is 3.49. The minimum Gasteiger partial charge on any atom is -0.310 e. The summed E-state index contributed by atoms with van der Waals surface area (Å²) in [6.45, 7) is 5.13. The van der Waals surface area contributed by atoms with Crippen molar-refractivity contribution in [3.05, 3.63) is 52.7 Å². The van der Waals surface area contributed by atoms with Crippen LogP contribution in [0, 0.1) is 0 Å². The maximum Gasteiger partial charge on any atom is 0.332 e. The summed E-state index contributed by atoms with van der Waals surface area (Å²) in [6.07, 6.45) is 6.12. The van der Waals surface area contributed by atoms with Crippen LogP contribution in [0.1, 0.15) is 44.3 Å². The van der Waals surface area contributed by atoms with Gasteiger partial charge in [0.2, 0.25) is 0 Å². The zero-order chi connectivity index (χ0) is 14.1. The zero-order valence-electron chi connectivity index (χ0n) is 12.0. The fourth-order valence-corrected chi connectivity index (χ4v) is 2.82. The lowest BCUT2D eigenvalue weighted by Crippen LogP contribution is -2.24. The van der Waals surface area contributed by atoms with Crippen molar-refractivity contribution in [2.45, 2.75) is 38.8 Å². The van der Waals surface area contributed by atoms with E-state index in [0.29, 0.717) is 6.04 Å². The van der Waals surface area contributed by atoms with Crippen LogP contribution in [0.5, 0.6) is 0 Å². The maximum atomic E-state index is 12.3. The summed E-state index contributed by atoms with van der Waals surface area (Å²) in [5.41, 5.74) is 2.26. The number of imidazole rings is 1. The minimum absolute atomic E-state index is 0.0201. The van der Waals surface area contributed by atoms with Gasteiger partial charge in [-0.3, -0.25) is 9.13 Å². The Morgan fingerprint density at radius 1 is 1.20 bits per heavy atom. The highest BCUT2D eigenvalue weighted by Crippen LogP contribution is 2.23. The Labute approximate surface area is 119 Å². The van der Waals surface area contributed by atoms with Crippen LogP contribution in [0.15, 0.2) is 41.5 Å². The van der Waals surface area contributed by atoms with E-state index < -0.39 is 0 Å². The van der Waals surface area contributed by atoms with Crippen LogP contribution >= 0.6 is 0 Å². The predicted octanol–water partition coefficient (Wildman–Crippen LogP) is 2.64. The van der Waals surface area contributed by atoms with Crippen LogP contribution in [-0.2, 0) is 0 Å². The van der Waals surface area contributed by atoms with Crippen molar-refractivity contribution < 1.29 is 0 Å². The van der Waals surface area contributed by atoms with E-state index in [1.807, 2.05) is 38.4 Å². The molecule has 1 aliphatic rings. The predicted molar refractivity (Wildman–Crippen MR) is 80.4 cm³/mol. The molecule has 1 N–H and O–H groups in total. The maximum absolute atomic E-state index is 12.3. The number of benzene rings is 1. The second kappa shape index (κ2) is 5.29. The van der Waals surface area contributed by atoms with Crippen molar-refractivity contribution in [1.82, 2.24) is 14.5 Å². The van der Waals surface area contributed by atoms with Gasteiger partial charge < -0.3 is 5.32 Å². The van der Waals surface area contributed by atoms with Gasteiger partial charge in [0.25, 0.3) is 0 Å². The average molecular weight is 271 g/mol. The summed E-state index contributed by atoms with van der Waals surface area (Å²) >= 11 is 0. The van der Waals surface area contributed by atoms with Gasteiger partial charge in [0.05, 0.1) is 5.69 Å². The van der Waals surface area contributed by atoms with E-state index in [2.05, 4.69) is 17.4 Å². The summed E-state index contributed by atoms with van der Waals surface area (Å²) in [6, 6.07) is 8.96. The molecule has 1 atom stereocenters. The van der Waals surface area contributed by atoms with E-state index in [-0.39, 0.29) is 11.7 Å². The van der Waals surface area contributed by atoms with Crippen LogP contribution < -0.4 is 11.0 Å². The molecule has 1 aliphatic heterocycles. The van der Waals surface area contributed by atoms with Crippen LogP contribution in [0.2, 0.25) is 0 Å². The van der Waals surface area contributed by atoms with Gasteiger partial charge in [0.1, 0.15) is 0 Å². The van der Waals surface area contributed by atoms with Crippen molar-refractivity contribution in [3.63, 3.8) is 0 Å². The number of hydrogen-bond donors (Lipinski definition) is 1. The summed E-state index contributed by atoms with van der Waals surface area (Å²) in [4.78, 5) is 12.3. The third-order valence-corrected chi connectivity index (χ3v) is 3.99. The first-order chi connectivity index (χ1) is 9.66. The van der Waals surface area contributed by atoms with Gasteiger partial charge >= 0.3 is 5.69 Å². The zero-order valence-corrected chi connectivity index (χ0v) is 12.0. The Morgan fingerprint density at radius 2 is 1.95 bits per heavy atom. The Balaban J connectivity index is 1.89. The Bertz CT molecular complexity index is 630. The molecule has 0 bridgehead atoms. The molecule has 2 aromatic rings. The van der Waals surface area contributed by atoms with E-state index in [1.165, 1.54) is 18.4 Å². The number of hydrogen-bond acceptors (Lipinski definition) is 2. The Hall–Kier alpha value is -1.81. The molecule has 4 nitrogen and oxygen atoms in total. The molecule has 1 aromatic carbocycles. The van der Waals surface area contributed by atoms with Gasteiger partial charge in [-0.2, -0.15) is 0 Å². The number of nitrogens with zero attached hydrogens (tertiary/aromatic N) is 2. The van der Waals surface area contributed by atoms with Gasteiger partial charge in [-0.25, -0.2) is 4.79 Å². The lowest BCUT2D eigenvalue weighted by Gasteiger charge is -2.11. The smallest absolute Gasteiger partial charge is 0.310 e. The van der Waals surface area contributed by atoms with Gasteiger partial charge in [0.15, 0.2) is 0 Å².